The predicted molar refractivity (Wildman–Crippen MR) is 42.9 cm³/mol. The SMILES string of the molecule is CCSCCN=C=S. The summed E-state index contributed by atoms with van der Waals surface area (Å²) in [6, 6.07) is 0. The molecule has 0 radical (unpaired) electrons. The summed E-state index contributed by atoms with van der Waals surface area (Å²) in [5.41, 5.74) is 0. The summed E-state index contributed by atoms with van der Waals surface area (Å²) in [5.74, 6) is 2.23. The monoisotopic (exact) mass is 147 g/mol. The third-order valence-electron chi connectivity index (χ3n) is 0.616. The number of hydrogen-bond acceptors (Lipinski definition) is 3. The van der Waals surface area contributed by atoms with Gasteiger partial charge in [-0.15, -0.1) is 0 Å². The molecule has 0 spiro atoms. The summed E-state index contributed by atoms with van der Waals surface area (Å²) in [6.45, 7) is 2.95. The van der Waals surface area contributed by atoms with Crippen LogP contribution in [-0.2, 0) is 0 Å². The summed E-state index contributed by atoms with van der Waals surface area (Å²) in [6.07, 6.45) is 0. The molecule has 0 amide bonds. The smallest absolute Gasteiger partial charge is 0.0585 e. The zero-order valence-corrected chi connectivity index (χ0v) is 6.52. The highest BCUT2D eigenvalue weighted by Crippen LogP contribution is 1.95. The van der Waals surface area contributed by atoms with E-state index in [2.05, 4.69) is 29.3 Å². The second-order valence-corrected chi connectivity index (χ2v) is 2.75. The highest BCUT2D eigenvalue weighted by molar-refractivity contribution is 7.99. The van der Waals surface area contributed by atoms with Crippen molar-refractivity contribution in [1.29, 1.82) is 0 Å². The quantitative estimate of drug-likeness (QED) is 0.342. The Morgan fingerprint density at radius 1 is 1.75 bits per heavy atom. The van der Waals surface area contributed by atoms with E-state index < -0.39 is 0 Å². The van der Waals surface area contributed by atoms with Gasteiger partial charge in [-0.1, -0.05) is 6.92 Å². The Kier molecular flexibility index (Phi) is 7.28. The van der Waals surface area contributed by atoms with E-state index in [0.29, 0.717) is 0 Å². The summed E-state index contributed by atoms with van der Waals surface area (Å²) >= 11 is 6.24. The van der Waals surface area contributed by atoms with Crippen molar-refractivity contribution in [2.75, 3.05) is 18.1 Å². The molecule has 3 heteroatoms. The number of thiocarbonyl (C=S) groups is 1. The van der Waals surface area contributed by atoms with Gasteiger partial charge in [-0.3, -0.25) is 0 Å². The van der Waals surface area contributed by atoms with Crippen LogP contribution in [0.5, 0.6) is 0 Å². The largest absolute Gasteiger partial charge is 0.232 e. The number of thioether (sulfide) groups is 1. The second kappa shape index (κ2) is 7.15. The Hall–Kier alpha value is 0.150. The highest BCUT2D eigenvalue weighted by Gasteiger charge is 1.78. The first kappa shape index (κ1) is 8.15. The van der Waals surface area contributed by atoms with Gasteiger partial charge in [0.1, 0.15) is 0 Å². The molecule has 8 heavy (non-hydrogen) atoms. The van der Waals surface area contributed by atoms with Crippen molar-refractivity contribution >= 4 is 29.1 Å². The number of isothiocyanates is 1. The van der Waals surface area contributed by atoms with Gasteiger partial charge in [-0.25, -0.2) is 4.99 Å². The average Bonchev–Trinajstić information content (AvgIpc) is 1.81. The van der Waals surface area contributed by atoms with E-state index in [1.54, 1.807) is 0 Å². The van der Waals surface area contributed by atoms with E-state index in [-0.39, 0.29) is 0 Å². The van der Waals surface area contributed by atoms with Gasteiger partial charge in [0.2, 0.25) is 0 Å². The molecule has 0 saturated carbocycles. The lowest BCUT2D eigenvalue weighted by molar-refractivity contribution is 1.16. The first-order valence-corrected chi connectivity index (χ1v) is 4.09. The van der Waals surface area contributed by atoms with Crippen molar-refractivity contribution in [1.82, 2.24) is 0 Å². The summed E-state index contributed by atoms with van der Waals surface area (Å²) in [4.78, 5) is 3.75. The molecule has 0 fully saturated rings. The van der Waals surface area contributed by atoms with Crippen LogP contribution in [0.1, 0.15) is 6.92 Å². The van der Waals surface area contributed by atoms with Crippen LogP contribution in [0, 0.1) is 0 Å². The van der Waals surface area contributed by atoms with Crippen LogP contribution in [0.4, 0.5) is 0 Å². The lowest BCUT2D eigenvalue weighted by atomic mass is 10.8. The van der Waals surface area contributed by atoms with Crippen LogP contribution in [0.2, 0.25) is 0 Å². The molecule has 0 aromatic heterocycles. The van der Waals surface area contributed by atoms with Gasteiger partial charge in [-0.2, -0.15) is 11.8 Å². The Labute approximate surface area is 59.6 Å². The van der Waals surface area contributed by atoms with Crippen LogP contribution in [0.3, 0.4) is 0 Å². The molecule has 0 saturated heterocycles. The van der Waals surface area contributed by atoms with Gasteiger partial charge in [0.25, 0.3) is 0 Å². The summed E-state index contributed by atoms with van der Waals surface area (Å²) in [5, 5.41) is 2.32. The van der Waals surface area contributed by atoms with E-state index >= 15 is 0 Å². The maximum atomic E-state index is 4.38. The molecule has 0 N–H and O–H groups in total. The Morgan fingerprint density at radius 2 is 2.50 bits per heavy atom. The molecule has 0 aliphatic heterocycles. The number of aliphatic imine (C=N–C) groups is 1. The molecule has 1 nitrogen and oxygen atoms in total. The molecule has 0 rings (SSSR count). The van der Waals surface area contributed by atoms with Gasteiger partial charge in [0.05, 0.1) is 11.7 Å². The maximum absolute atomic E-state index is 4.38. The van der Waals surface area contributed by atoms with Gasteiger partial charge < -0.3 is 0 Å². The minimum atomic E-state index is 0.821. The molecule has 0 unspecified atom stereocenters. The molecule has 0 aliphatic rings. The minimum Gasteiger partial charge on any atom is -0.232 e. The Balaban J connectivity index is 2.82. The second-order valence-electron chi connectivity index (χ2n) is 1.17. The van der Waals surface area contributed by atoms with Crippen LogP contribution >= 0.6 is 24.0 Å². The molecular weight excluding hydrogens is 138 g/mol. The molecule has 0 aromatic carbocycles. The maximum Gasteiger partial charge on any atom is 0.0585 e. The van der Waals surface area contributed by atoms with E-state index in [4.69, 9.17) is 0 Å². The molecule has 0 aromatic rings. The van der Waals surface area contributed by atoms with E-state index in [9.17, 15) is 0 Å². The molecule has 0 atom stereocenters. The summed E-state index contributed by atoms with van der Waals surface area (Å²) in [7, 11) is 0. The van der Waals surface area contributed by atoms with Crippen molar-refractivity contribution in [3.8, 4) is 0 Å². The number of hydrogen-bond donors (Lipinski definition) is 0. The minimum absolute atomic E-state index is 0.821. The first-order chi connectivity index (χ1) is 3.91. The molecule has 46 valence electrons. The van der Waals surface area contributed by atoms with Crippen LogP contribution in [-0.4, -0.2) is 23.2 Å². The topological polar surface area (TPSA) is 12.4 Å². The fraction of sp³-hybridized carbons (Fsp3) is 0.800. The van der Waals surface area contributed by atoms with Gasteiger partial charge in [0, 0.05) is 5.75 Å². The molecular formula is C5H9NS2. The van der Waals surface area contributed by atoms with Gasteiger partial charge in [-0.05, 0) is 18.0 Å². The van der Waals surface area contributed by atoms with Crippen LogP contribution < -0.4 is 0 Å². The van der Waals surface area contributed by atoms with E-state index in [1.165, 1.54) is 0 Å². The summed E-state index contributed by atoms with van der Waals surface area (Å²) < 4.78 is 0. The van der Waals surface area contributed by atoms with Crippen molar-refractivity contribution in [3.05, 3.63) is 0 Å². The number of rotatable bonds is 4. The molecule has 0 aliphatic carbocycles. The fourth-order valence-electron chi connectivity index (χ4n) is 0.300. The standard InChI is InChI=1S/C5H9NS2/c1-2-8-4-3-6-5-7/h2-4H2,1H3. The van der Waals surface area contributed by atoms with Crippen molar-refractivity contribution in [3.63, 3.8) is 0 Å². The normalized spacial score (nSPS) is 8.12. The molecule has 0 bridgehead atoms. The third kappa shape index (κ3) is 6.15. The van der Waals surface area contributed by atoms with Crippen molar-refractivity contribution in [2.45, 2.75) is 6.92 Å². The Morgan fingerprint density at radius 3 is 3.00 bits per heavy atom. The lowest BCUT2D eigenvalue weighted by Gasteiger charge is -1.87. The zero-order valence-electron chi connectivity index (χ0n) is 4.89. The number of nitrogens with zero attached hydrogens (tertiary/aromatic N) is 1. The van der Waals surface area contributed by atoms with Crippen molar-refractivity contribution < 1.29 is 0 Å². The van der Waals surface area contributed by atoms with Gasteiger partial charge in [0.15, 0.2) is 0 Å². The Bertz CT molecular complexity index is 86.4. The zero-order chi connectivity index (χ0) is 6.24. The predicted octanol–water partition coefficient (Wildman–Crippen LogP) is 1.84. The highest BCUT2D eigenvalue weighted by atomic mass is 32.2. The third-order valence-corrected chi connectivity index (χ3v) is 1.62. The van der Waals surface area contributed by atoms with Gasteiger partial charge >= 0.3 is 0 Å². The fourth-order valence-corrected chi connectivity index (χ4v) is 0.901. The van der Waals surface area contributed by atoms with Crippen LogP contribution in [0.25, 0.3) is 0 Å². The first-order valence-electron chi connectivity index (χ1n) is 2.53. The lowest BCUT2D eigenvalue weighted by Crippen LogP contribution is -1.83. The average molecular weight is 147 g/mol. The molecule has 0 heterocycles. The van der Waals surface area contributed by atoms with Crippen molar-refractivity contribution in [2.24, 2.45) is 4.99 Å². The van der Waals surface area contributed by atoms with E-state index in [1.807, 2.05) is 11.8 Å². The van der Waals surface area contributed by atoms with E-state index in [0.717, 1.165) is 18.1 Å². The van der Waals surface area contributed by atoms with Crippen LogP contribution in [0.15, 0.2) is 4.99 Å².